The van der Waals surface area contributed by atoms with E-state index in [0.717, 1.165) is 25.7 Å². The summed E-state index contributed by atoms with van der Waals surface area (Å²) in [6, 6.07) is 10.1. The molecule has 0 nitrogen and oxygen atoms in total. The summed E-state index contributed by atoms with van der Waals surface area (Å²) in [5, 5.41) is 0. The summed E-state index contributed by atoms with van der Waals surface area (Å²) < 4.78 is 52.4. The number of alkyl halides is 2. The highest BCUT2D eigenvalue weighted by Crippen LogP contribution is 2.37. The highest BCUT2D eigenvalue weighted by Gasteiger charge is 2.21. The summed E-state index contributed by atoms with van der Waals surface area (Å²) in [5.41, 5.74) is 1.83. The molecule has 0 aliphatic heterocycles. The number of hydrogen-bond acceptors (Lipinski definition) is 0. The standard InChI is InChI=1S/C23H24F4/c24-12-2-1-3-16-4-6-17(7-5-16)18-8-10-19(11-9-18)20-13-22(26)21(15-25)23(27)14-20/h1,3,8-11,13-14,16-17H,2,4-7,12,15H2/t16-,17-. The Morgan fingerprint density at radius 1 is 0.852 bits per heavy atom. The Morgan fingerprint density at radius 3 is 2.04 bits per heavy atom. The van der Waals surface area contributed by atoms with E-state index in [1.54, 1.807) is 0 Å². The van der Waals surface area contributed by atoms with Crippen LogP contribution in [-0.2, 0) is 6.67 Å². The molecule has 0 saturated heterocycles. The number of hydrogen-bond donors (Lipinski definition) is 0. The van der Waals surface area contributed by atoms with Crippen molar-refractivity contribution in [2.45, 2.75) is 44.7 Å². The third kappa shape index (κ3) is 4.79. The molecule has 0 heterocycles. The molecule has 0 amide bonds. The van der Waals surface area contributed by atoms with Crippen LogP contribution in [0.2, 0.25) is 0 Å². The number of benzene rings is 2. The first-order valence-corrected chi connectivity index (χ1v) is 9.49. The minimum absolute atomic E-state index is 0.303. The first-order chi connectivity index (χ1) is 13.1. The van der Waals surface area contributed by atoms with Gasteiger partial charge in [0, 0.05) is 0 Å². The van der Waals surface area contributed by atoms with Crippen LogP contribution in [0.1, 0.15) is 49.1 Å². The Kier molecular flexibility index (Phi) is 6.70. The molecule has 2 aromatic rings. The SMILES string of the molecule is FCCC=C[C@H]1CC[C@H](c2ccc(-c3cc(F)c(CF)c(F)c3)cc2)CC1. The van der Waals surface area contributed by atoms with E-state index in [9.17, 15) is 17.6 Å². The van der Waals surface area contributed by atoms with Crippen molar-refractivity contribution in [3.8, 4) is 11.1 Å². The minimum atomic E-state index is -1.15. The summed E-state index contributed by atoms with van der Waals surface area (Å²) in [5.74, 6) is -0.689. The third-order valence-electron chi connectivity index (χ3n) is 5.45. The highest BCUT2D eigenvalue weighted by molar-refractivity contribution is 5.64. The van der Waals surface area contributed by atoms with Crippen LogP contribution in [0.4, 0.5) is 17.6 Å². The van der Waals surface area contributed by atoms with Crippen molar-refractivity contribution in [2.75, 3.05) is 6.67 Å². The Balaban J connectivity index is 1.66. The predicted molar refractivity (Wildman–Crippen MR) is 101 cm³/mol. The van der Waals surface area contributed by atoms with Crippen LogP contribution in [0, 0.1) is 17.6 Å². The monoisotopic (exact) mass is 376 g/mol. The fourth-order valence-corrected chi connectivity index (χ4v) is 3.84. The zero-order valence-electron chi connectivity index (χ0n) is 15.2. The summed E-state index contributed by atoms with van der Waals surface area (Å²) in [7, 11) is 0. The Bertz CT molecular complexity index is 748. The first-order valence-electron chi connectivity index (χ1n) is 9.49. The second-order valence-electron chi connectivity index (χ2n) is 7.19. The molecule has 0 spiro atoms. The van der Waals surface area contributed by atoms with Crippen molar-refractivity contribution in [1.29, 1.82) is 0 Å². The van der Waals surface area contributed by atoms with E-state index in [0.29, 0.717) is 29.4 Å². The van der Waals surface area contributed by atoms with Crippen LogP contribution >= 0.6 is 0 Å². The van der Waals surface area contributed by atoms with Crippen molar-refractivity contribution in [1.82, 2.24) is 0 Å². The van der Waals surface area contributed by atoms with E-state index in [1.165, 1.54) is 17.7 Å². The van der Waals surface area contributed by atoms with E-state index in [2.05, 4.69) is 6.08 Å². The molecule has 0 atom stereocenters. The van der Waals surface area contributed by atoms with Gasteiger partial charge in [0.1, 0.15) is 18.3 Å². The maximum Gasteiger partial charge on any atom is 0.132 e. The molecule has 0 unspecified atom stereocenters. The molecule has 0 bridgehead atoms. The van der Waals surface area contributed by atoms with Crippen molar-refractivity contribution in [3.05, 3.63) is 71.3 Å². The molecule has 0 radical (unpaired) electrons. The molecule has 3 rings (SSSR count). The van der Waals surface area contributed by atoms with Crippen LogP contribution in [0.3, 0.4) is 0 Å². The number of rotatable bonds is 6. The number of allylic oxidation sites excluding steroid dienone is 2. The van der Waals surface area contributed by atoms with Gasteiger partial charge in [0.2, 0.25) is 0 Å². The lowest BCUT2D eigenvalue weighted by molar-refractivity contribution is 0.375. The first kappa shape index (κ1) is 19.7. The maximum atomic E-state index is 13.8. The normalized spacial score (nSPS) is 20.3. The van der Waals surface area contributed by atoms with E-state index in [1.807, 2.05) is 30.3 Å². The second-order valence-corrected chi connectivity index (χ2v) is 7.19. The van der Waals surface area contributed by atoms with E-state index in [4.69, 9.17) is 0 Å². The molecule has 1 aliphatic carbocycles. The van der Waals surface area contributed by atoms with Gasteiger partial charge >= 0.3 is 0 Å². The van der Waals surface area contributed by atoms with E-state index >= 15 is 0 Å². The van der Waals surface area contributed by atoms with Crippen LogP contribution < -0.4 is 0 Å². The van der Waals surface area contributed by atoms with Gasteiger partial charge in [-0.1, -0.05) is 36.4 Å². The lowest BCUT2D eigenvalue weighted by atomic mass is 9.78. The van der Waals surface area contributed by atoms with Gasteiger partial charge in [0.05, 0.1) is 12.2 Å². The quantitative estimate of drug-likeness (QED) is 0.367. The molecule has 2 aromatic carbocycles. The summed E-state index contributed by atoms with van der Waals surface area (Å²) in [6.45, 7) is -1.45. The molecule has 144 valence electrons. The zero-order chi connectivity index (χ0) is 19.2. The molecule has 1 aliphatic rings. The Labute approximate surface area is 157 Å². The fraction of sp³-hybridized carbons (Fsp3) is 0.391. The van der Waals surface area contributed by atoms with Gasteiger partial charge < -0.3 is 0 Å². The Morgan fingerprint density at radius 2 is 1.48 bits per heavy atom. The zero-order valence-corrected chi connectivity index (χ0v) is 15.2. The van der Waals surface area contributed by atoms with Crippen LogP contribution in [0.5, 0.6) is 0 Å². The molecular weight excluding hydrogens is 352 g/mol. The van der Waals surface area contributed by atoms with E-state index in [-0.39, 0.29) is 6.67 Å². The molecule has 1 saturated carbocycles. The summed E-state index contributed by atoms with van der Waals surface area (Å²) in [6.07, 6.45) is 8.92. The smallest absolute Gasteiger partial charge is 0.132 e. The van der Waals surface area contributed by atoms with Crippen LogP contribution in [0.25, 0.3) is 11.1 Å². The van der Waals surface area contributed by atoms with Crippen LogP contribution in [0.15, 0.2) is 48.6 Å². The van der Waals surface area contributed by atoms with Gasteiger partial charge in [0.15, 0.2) is 0 Å². The minimum Gasteiger partial charge on any atom is -0.251 e. The average molecular weight is 376 g/mol. The van der Waals surface area contributed by atoms with Gasteiger partial charge in [0.25, 0.3) is 0 Å². The Hall–Kier alpha value is -2.10. The molecule has 0 aromatic heterocycles. The molecule has 1 fully saturated rings. The number of halogens is 4. The average Bonchev–Trinajstić information content (AvgIpc) is 2.69. The van der Waals surface area contributed by atoms with Gasteiger partial charge in [-0.2, -0.15) is 0 Å². The lowest BCUT2D eigenvalue weighted by Gasteiger charge is -2.27. The summed E-state index contributed by atoms with van der Waals surface area (Å²) >= 11 is 0. The van der Waals surface area contributed by atoms with Gasteiger partial charge in [-0.25, -0.2) is 13.2 Å². The van der Waals surface area contributed by atoms with E-state index < -0.39 is 23.9 Å². The van der Waals surface area contributed by atoms with Crippen molar-refractivity contribution in [3.63, 3.8) is 0 Å². The topological polar surface area (TPSA) is 0 Å². The van der Waals surface area contributed by atoms with Crippen molar-refractivity contribution < 1.29 is 17.6 Å². The van der Waals surface area contributed by atoms with Crippen molar-refractivity contribution in [2.24, 2.45) is 5.92 Å². The van der Waals surface area contributed by atoms with Gasteiger partial charge in [-0.05, 0) is 72.8 Å². The molecule has 0 N–H and O–H groups in total. The predicted octanol–water partition coefficient (Wildman–Crippen LogP) is 7.29. The van der Waals surface area contributed by atoms with Gasteiger partial charge in [-0.3, -0.25) is 4.39 Å². The molecular formula is C23H24F4. The molecule has 4 heteroatoms. The van der Waals surface area contributed by atoms with Gasteiger partial charge in [-0.15, -0.1) is 0 Å². The largest absolute Gasteiger partial charge is 0.251 e. The fourth-order valence-electron chi connectivity index (χ4n) is 3.84. The highest BCUT2D eigenvalue weighted by atomic mass is 19.1. The summed E-state index contributed by atoms with van der Waals surface area (Å²) in [4.78, 5) is 0. The third-order valence-corrected chi connectivity index (χ3v) is 5.45. The molecule has 27 heavy (non-hydrogen) atoms. The maximum absolute atomic E-state index is 13.8. The van der Waals surface area contributed by atoms with Crippen molar-refractivity contribution >= 4 is 0 Å². The second kappa shape index (κ2) is 9.20. The van der Waals surface area contributed by atoms with Crippen LogP contribution in [-0.4, -0.2) is 6.67 Å². The lowest BCUT2D eigenvalue weighted by Crippen LogP contribution is -2.11.